The average molecular weight is 382 g/mol. The summed E-state index contributed by atoms with van der Waals surface area (Å²) in [6.07, 6.45) is 1.55. The van der Waals surface area contributed by atoms with Crippen LogP contribution in [0.2, 0.25) is 0 Å². The maximum atomic E-state index is 13.0. The second-order valence-corrected chi connectivity index (χ2v) is 6.44. The van der Waals surface area contributed by atoms with Crippen LogP contribution in [0.5, 0.6) is 5.75 Å². The minimum atomic E-state index is -0.355. The number of hydrogen-bond acceptors (Lipinski definition) is 5. The highest BCUT2D eigenvalue weighted by Gasteiger charge is 2.34. The van der Waals surface area contributed by atoms with E-state index in [0.717, 1.165) is 18.4 Å². The van der Waals surface area contributed by atoms with Crippen molar-refractivity contribution in [3.63, 3.8) is 0 Å². The molecule has 8 heteroatoms. The molecule has 1 aliphatic rings. The summed E-state index contributed by atoms with van der Waals surface area (Å²) in [6.45, 7) is 0.573. The normalized spacial score (nSPS) is 16.2. The minimum Gasteiger partial charge on any atom is -0.496 e. The fourth-order valence-corrected chi connectivity index (χ4v) is 3.30. The zero-order valence-electron chi connectivity index (χ0n) is 15.3. The van der Waals surface area contributed by atoms with Crippen LogP contribution in [-0.4, -0.2) is 34.7 Å². The number of methoxy groups -OCH3 is 1. The van der Waals surface area contributed by atoms with Gasteiger partial charge in [-0.15, -0.1) is 0 Å². The van der Waals surface area contributed by atoms with Crippen LogP contribution < -0.4 is 10.1 Å². The molecule has 0 aliphatic carbocycles. The smallest absolute Gasteiger partial charge is 0.322 e. The van der Waals surface area contributed by atoms with E-state index in [1.165, 1.54) is 24.3 Å². The maximum Gasteiger partial charge on any atom is 0.322 e. The van der Waals surface area contributed by atoms with Crippen molar-refractivity contribution in [2.45, 2.75) is 18.9 Å². The van der Waals surface area contributed by atoms with Crippen LogP contribution in [0, 0.1) is 5.82 Å². The van der Waals surface area contributed by atoms with Gasteiger partial charge in [0.25, 0.3) is 0 Å². The Bertz CT molecular complexity index is 974. The summed E-state index contributed by atoms with van der Waals surface area (Å²) in [6, 6.07) is 12.4. The molecule has 2 aromatic carbocycles. The Labute approximate surface area is 161 Å². The molecule has 2 amide bonds. The zero-order valence-corrected chi connectivity index (χ0v) is 15.3. The van der Waals surface area contributed by atoms with E-state index in [2.05, 4.69) is 15.5 Å². The molecule has 1 aromatic heterocycles. The zero-order chi connectivity index (χ0) is 19.5. The molecule has 0 spiro atoms. The van der Waals surface area contributed by atoms with E-state index in [0.29, 0.717) is 29.7 Å². The predicted molar refractivity (Wildman–Crippen MR) is 100 cm³/mol. The number of hydrogen-bond donors (Lipinski definition) is 1. The highest BCUT2D eigenvalue weighted by Crippen LogP contribution is 2.34. The Morgan fingerprint density at radius 3 is 2.82 bits per heavy atom. The molecule has 144 valence electrons. The Morgan fingerprint density at radius 1 is 1.25 bits per heavy atom. The van der Waals surface area contributed by atoms with E-state index < -0.39 is 0 Å². The molecule has 0 saturated carbocycles. The van der Waals surface area contributed by atoms with Crippen LogP contribution in [-0.2, 0) is 0 Å². The van der Waals surface area contributed by atoms with Crippen molar-refractivity contribution < 1.29 is 18.4 Å². The Kier molecular flexibility index (Phi) is 4.92. The molecule has 0 unspecified atom stereocenters. The Hall–Kier alpha value is -3.42. The summed E-state index contributed by atoms with van der Waals surface area (Å²) >= 11 is 0. The van der Waals surface area contributed by atoms with E-state index >= 15 is 0 Å². The Morgan fingerprint density at radius 2 is 2.04 bits per heavy atom. The third-order valence-corrected chi connectivity index (χ3v) is 4.68. The predicted octanol–water partition coefficient (Wildman–Crippen LogP) is 4.25. The number of carbonyl (C=O) groups is 1. The van der Waals surface area contributed by atoms with Crippen LogP contribution >= 0.6 is 0 Å². The van der Waals surface area contributed by atoms with E-state index in [1.807, 2.05) is 24.3 Å². The topological polar surface area (TPSA) is 80.5 Å². The molecule has 1 aliphatic heterocycles. The van der Waals surface area contributed by atoms with Gasteiger partial charge >= 0.3 is 6.03 Å². The number of ether oxygens (including phenoxy) is 1. The van der Waals surface area contributed by atoms with Crippen molar-refractivity contribution in [3.05, 3.63) is 60.2 Å². The monoisotopic (exact) mass is 382 g/mol. The largest absolute Gasteiger partial charge is 0.496 e. The Balaban J connectivity index is 1.53. The van der Waals surface area contributed by atoms with E-state index in [4.69, 9.17) is 9.26 Å². The molecule has 0 bridgehead atoms. The number of benzene rings is 2. The van der Waals surface area contributed by atoms with E-state index in [1.54, 1.807) is 12.0 Å². The first kappa shape index (κ1) is 18.0. The first-order chi connectivity index (χ1) is 13.7. The molecule has 7 nitrogen and oxygen atoms in total. The fraction of sp³-hybridized carbons (Fsp3) is 0.250. The van der Waals surface area contributed by atoms with Gasteiger partial charge in [0.05, 0.1) is 12.7 Å². The lowest BCUT2D eigenvalue weighted by Gasteiger charge is -2.22. The van der Waals surface area contributed by atoms with Gasteiger partial charge in [0.2, 0.25) is 11.7 Å². The summed E-state index contributed by atoms with van der Waals surface area (Å²) in [7, 11) is 1.58. The van der Waals surface area contributed by atoms with Gasteiger partial charge in [0, 0.05) is 12.2 Å². The van der Waals surface area contributed by atoms with Crippen LogP contribution in [0.15, 0.2) is 53.1 Å². The number of aromatic nitrogens is 2. The molecular formula is C20H19FN4O3. The van der Waals surface area contributed by atoms with Gasteiger partial charge < -0.3 is 19.5 Å². The molecule has 1 N–H and O–H groups in total. The number of amides is 2. The van der Waals surface area contributed by atoms with Gasteiger partial charge in [-0.05, 0) is 49.2 Å². The number of anilines is 1. The van der Waals surface area contributed by atoms with Gasteiger partial charge in [0.15, 0.2) is 0 Å². The lowest BCUT2D eigenvalue weighted by Crippen LogP contribution is -2.34. The maximum absolute atomic E-state index is 13.0. The third-order valence-electron chi connectivity index (χ3n) is 4.68. The van der Waals surface area contributed by atoms with Crippen LogP contribution in [0.1, 0.15) is 24.8 Å². The highest BCUT2D eigenvalue weighted by molar-refractivity contribution is 5.89. The third kappa shape index (κ3) is 3.53. The highest BCUT2D eigenvalue weighted by atomic mass is 19.1. The SMILES string of the molecule is COc1ccccc1-c1noc([C@H]2CCCN2C(=O)Nc2ccc(F)cc2)n1. The van der Waals surface area contributed by atoms with Gasteiger partial charge in [-0.1, -0.05) is 17.3 Å². The number of nitrogens with one attached hydrogen (secondary N) is 1. The number of urea groups is 1. The second kappa shape index (κ2) is 7.67. The van der Waals surface area contributed by atoms with Crippen molar-refractivity contribution in [1.82, 2.24) is 15.0 Å². The number of rotatable bonds is 4. The van der Waals surface area contributed by atoms with Gasteiger partial charge in [-0.25, -0.2) is 9.18 Å². The quantitative estimate of drug-likeness (QED) is 0.729. The average Bonchev–Trinajstić information content (AvgIpc) is 3.39. The molecule has 1 atom stereocenters. The molecule has 1 fully saturated rings. The summed E-state index contributed by atoms with van der Waals surface area (Å²) in [5.41, 5.74) is 1.25. The molecular weight excluding hydrogens is 363 g/mol. The molecule has 0 radical (unpaired) electrons. The summed E-state index contributed by atoms with van der Waals surface area (Å²) in [5, 5.41) is 6.84. The standard InChI is InChI=1S/C20H19FN4O3/c1-27-17-7-3-2-5-15(17)18-23-19(28-24-18)16-6-4-12-25(16)20(26)22-14-10-8-13(21)9-11-14/h2-3,5,7-11,16H,4,6,12H2,1H3,(H,22,26)/t16-/m1/s1. The molecule has 28 heavy (non-hydrogen) atoms. The lowest BCUT2D eigenvalue weighted by atomic mass is 10.2. The number of para-hydroxylation sites is 1. The molecule has 1 saturated heterocycles. The van der Waals surface area contributed by atoms with Gasteiger partial charge in [-0.2, -0.15) is 4.98 Å². The fourth-order valence-electron chi connectivity index (χ4n) is 3.30. The van der Waals surface area contributed by atoms with Gasteiger partial charge in [-0.3, -0.25) is 0 Å². The first-order valence-electron chi connectivity index (χ1n) is 8.96. The van der Waals surface area contributed by atoms with E-state index in [-0.39, 0.29) is 17.9 Å². The number of halogens is 1. The van der Waals surface area contributed by atoms with Crippen LogP contribution in [0.4, 0.5) is 14.9 Å². The minimum absolute atomic E-state index is 0.286. The number of nitrogens with zero attached hydrogens (tertiary/aromatic N) is 3. The van der Waals surface area contributed by atoms with E-state index in [9.17, 15) is 9.18 Å². The number of carbonyl (C=O) groups excluding carboxylic acids is 1. The molecule has 2 heterocycles. The number of likely N-dealkylation sites (tertiary alicyclic amines) is 1. The summed E-state index contributed by atoms with van der Waals surface area (Å²) in [5.74, 6) is 1.09. The van der Waals surface area contributed by atoms with Crippen LogP contribution in [0.3, 0.4) is 0 Å². The van der Waals surface area contributed by atoms with Gasteiger partial charge in [0.1, 0.15) is 17.6 Å². The lowest BCUT2D eigenvalue weighted by molar-refractivity contribution is 0.193. The van der Waals surface area contributed by atoms with Crippen molar-refractivity contribution >= 4 is 11.7 Å². The van der Waals surface area contributed by atoms with Crippen LogP contribution in [0.25, 0.3) is 11.4 Å². The molecule has 4 rings (SSSR count). The summed E-state index contributed by atoms with van der Waals surface area (Å²) < 4.78 is 23.9. The first-order valence-corrected chi connectivity index (χ1v) is 8.96. The van der Waals surface area contributed by atoms with Crippen molar-refractivity contribution in [1.29, 1.82) is 0 Å². The van der Waals surface area contributed by atoms with Crippen molar-refractivity contribution in [2.24, 2.45) is 0 Å². The summed E-state index contributed by atoms with van der Waals surface area (Å²) in [4.78, 5) is 18.8. The second-order valence-electron chi connectivity index (χ2n) is 6.44. The van der Waals surface area contributed by atoms with Crippen molar-refractivity contribution in [3.8, 4) is 17.1 Å². The molecule has 3 aromatic rings. The van der Waals surface area contributed by atoms with Crippen molar-refractivity contribution in [2.75, 3.05) is 19.0 Å².